The molecule has 2 N–H and O–H groups in total. The Labute approximate surface area is 127 Å². The van der Waals surface area contributed by atoms with E-state index in [-0.39, 0.29) is 17.9 Å². The van der Waals surface area contributed by atoms with E-state index in [0.29, 0.717) is 19.0 Å². The summed E-state index contributed by atoms with van der Waals surface area (Å²) in [5.74, 6) is -0.426. The first-order valence-electron chi connectivity index (χ1n) is 7.65. The Balaban J connectivity index is 2.59. The average molecular weight is 296 g/mol. The number of hydrogen-bond acceptors (Lipinski definition) is 2. The molecular weight excluding hydrogens is 268 g/mol. The van der Waals surface area contributed by atoms with Gasteiger partial charge in [0.15, 0.2) is 0 Å². The minimum absolute atomic E-state index is 0.236. The number of carbonyl (C=O) groups is 2. The van der Waals surface area contributed by atoms with Crippen molar-refractivity contribution in [1.29, 1.82) is 0 Å². The van der Waals surface area contributed by atoms with Gasteiger partial charge in [0.05, 0.1) is 0 Å². The Morgan fingerprint density at radius 2 is 2.05 bits per heavy atom. The number of nitrogens with zero attached hydrogens (tertiary/aromatic N) is 1. The van der Waals surface area contributed by atoms with Gasteiger partial charge in [0, 0.05) is 13.1 Å². The van der Waals surface area contributed by atoms with Crippen LogP contribution in [0.25, 0.3) is 0 Å². The van der Waals surface area contributed by atoms with Gasteiger partial charge in [0.2, 0.25) is 0 Å². The molecule has 0 aromatic rings. The Kier molecular flexibility index (Phi) is 6.24. The second kappa shape index (κ2) is 7.48. The number of aliphatic carboxylic acids is 1. The minimum atomic E-state index is -1.02. The molecule has 1 aliphatic heterocycles. The molecule has 0 bridgehead atoms. The highest BCUT2D eigenvalue weighted by atomic mass is 16.4. The lowest BCUT2D eigenvalue weighted by atomic mass is 9.77. The molecule has 0 aliphatic carbocycles. The molecule has 0 aromatic heterocycles. The Morgan fingerprint density at radius 3 is 2.57 bits per heavy atom. The summed E-state index contributed by atoms with van der Waals surface area (Å²) in [6.45, 7) is 11.6. The lowest BCUT2D eigenvalue weighted by molar-refractivity contribution is -0.139. The van der Waals surface area contributed by atoms with Gasteiger partial charge in [-0.2, -0.15) is 0 Å². The minimum Gasteiger partial charge on any atom is -0.480 e. The number of carboxylic acids is 1. The van der Waals surface area contributed by atoms with Crippen LogP contribution in [-0.4, -0.2) is 41.1 Å². The van der Waals surface area contributed by atoms with Crippen LogP contribution in [0, 0.1) is 11.3 Å². The molecule has 5 nitrogen and oxygen atoms in total. The van der Waals surface area contributed by atoms with Crippen LogP contribution in [0.2, 0.25) is 0 Å². The van der Waals surface area contributed by atoms with Crippen molar-refractivity contribution >= 4 is 12.0 Å². The van der Waals surface area contributed by atoms with Gasteiger partial charge in [-0.1, -0.05) is 26.8 Å². The van der Waals surface area contributed by atoms with Crippen molar-refractivity contribution in [2.45, 2.75) is 52.5 Å². The van der Waals surface area contributed by atoms with Crippen LogP contribution in [0.4, 0.5) is 4.79 Å². The average Bonchev–Trinajstić information content (AvgIpc) is 2.63. The summed E-state index contributed by atoms with van der Waals surface area (Å²) in [5.41, 5.74) is 0.249. The zero-order chi connectivity index (χ0) is 16.0. The zero-order valence-electron chi connectivity index (χ0n) is 13.4. The van der Waals surface area contributed by atoms with Gasteiger partial charge in [-0.05, 0) is 37.0 Å². The highest BCUT2D eigenvalue weighted by Crippen LogP contribution is 2.34. The summed E-state index contributed by atoms with van der Waals surface area (Å²) >= 11 is 0. The van der Waals surface area contributed by atoms with Crippen molar-refractivity contribution < 1.29 is 14.7 Å². The van der Waals surface area contributed by atoms with Gasteiger partial charge in [0.25, 0.3) is 0 Å². The maximum absolute atomic E-state index is 12.2. The summed E-state index contributed by atoms with van der Waals surface area (Å²) in [4.78, 5) is 25.0. The van der Waals surface area contributed by atoms with Gasteiger partial charge >= 0.3 is 12.0 Å². The molecule has 21 heavy (non-hydrogen) atoms. The predicted molar refractivity (Wildman–Crippen MR) is 83.1 cm³/mol. The summed E-state index contributed by atoms with van der Waals surface area (Å²) in [7, 11) is 0. The number of hydrogen-bond donors (Lipinski definition) is 2. The number of carbonyl (C=O) groups excluding carboxylic acids is 1. The maximum Gasteiger partial charge on any atom is 0.326 e. The van der Waals surface area contributed by atoms with Crippen LogP contribution in [-0.2, 0) is 4.79 Å². The van der Waals surface area contributed by atoms with Crippen molar-refractivity contribution in [3.63, 3.8) is 0 Å². The molecule has 0 spiro atoms. The van der Waals surface area contributed by atoms with Crippen molar-refractivity contribution in [3.05, 3.63) is 12.7 Å². The molecule has 0 aromatic carbocycles. The van der Waals surface area contributed by atoms with Crippen molar-refractivity contribution in [3.8, 4) is 0 Å². The standard InChI is InChI=1S/C16H28N2O3/c1-5-7-13(14(19)20)17-15(21)18-10-6-8-12(9-11-18)16(2,3)4/h5,12-13H,1,6-11H2,2-4H3,(H,17,21)(H,19,20). The number of amides is 2. The molecule has 5 heteroatoms. The molecule has 2 atom stereocenters. The van der Waals surface area contributed by atoms with Gasteiger partial charge in [-0.3, -0.25) is 0 Å². The molecule has 2 amide bonds. The van der Waals surface area contributed by atoms with E-state index in [1.165, 1.54) is 6.08 Å². The highest BCUT2D eigenvalue weighted by Gasteiger charge is 2.29. The van der Waals surface area contributed by atoms with Crippen LogP contribution in [0.5, 0.6) is 0 Å². The van der Waals surface area contributed by atoms with E-state index >= 15 is 0 Å². The van der Waals surface area contributed by atoms with Crippen LogP contribution < -0.4 is 5.32 Å². The largest absolute Gasteiger partial charge is 0.480 e. The maximum atomic E-state index is 12.2. The van der Waals surface area contributed by atoms with Crippen LogP contribution >= 0.6 is 0 Å². The monoisotopic (exact) mass is 296 g/mol. The van der Waals surface area contributed by atoms with E-state index in [2.05, 4.69) is 32.7 Å². The van der Waals surface area contributed by atoms with Crippen molar-refractivity contribution in [2.24, 2.45) is 11.3 Å². The molecule has 1 aliphatic rings. The predicted octanol–water partition coefficient (Wildman–Crippen LogP) is 2.87. The first kappa shape index (κ1) is 17.5. The fourth-order valence-corrected chi connectivity index (χ4v) is 2.79. The third-order valence-electron chi connectivity index (χ3n) is 4.24. The number of rotatable bonds is 4. The van der Waals surface area contributed by atoms with Crippen molar-refractivity contribution in [2.75, 3.05) is 13.1 Å². The highest BCUT2D eigenvalue weighted by molar-refractivity contribution is 5.82. The van der Waals surface area contributed by atoms with E-state index in [1.54, 1.807) is 4.90 Å². The summed E-state index contributed by atoms with van der Waals surface area (Å²) in [5, 5.41) is 11.7. The normalized spacial score (nSPS) is 21.3. The second-order valence-corrected chi connectivity index (χ2v) is 6.85. The van der Waals surface area contributed by atoms with E-state index in [0.717, 1.165) is 19.3 Å². The van der Waals surface area contributed by atoms with Gasteiger partial charge in [-0.15, -0.1) is 6.58 Å². The number of likely N-dealkylation sites (tertiary alicyclic amines) is 1. The van der Waals surface area contributed by atoms with E-state index in [1.807, 2.05) is 0 Å². The molecule has 120 valence electrons. The first-order valence-corrected chi connectivity index (χ1v) is 7.65. The van der Waals surface area contributed by atoms with Crippen LogP contribution in [0.3, 0.4) is 0 Å². The molecule has 0 saturated carbocycles. The van der Waals surface area contributed by atoms with E-state index in [4.69, 9.17) is 5.11 Å². The summed E-state index contributed by atoms with van der Waals surface area (Å²) < 4.78 is 0. The quantitative estimate of drug-likeness (QED) is 0.784. The molecule has 1 heterocycles. The van der Waals surface area contributed by atoms with Gasteiger partial charge < -0.3 is 15.3 Å². The molecule has 1 saturated heterocycles. The number of urea groups is 1. The number of nitrogens with one attached hydrogen (secondary N) is 1. The van der Waals surface area contributed by atoms with E-state index < -0.39 is 12.0 Å². The third kappa shape index (κ3) is 5.40. The second-order valence-electron chi connectivity index (χ2n) is 6.85. The topological polar surface area (TPSA) is 69.6 Å². The SMILES string of the molecule is C=CCC(NC(=O)N1CCCC(C(C)(C)C)CC1)C(=O)O. The van der Waals surface area contributed by atoms with Gasteiger partial charge in [0.1, 0.15) is 6.04 Å². The molecule has 1 rings (SSSR count). The first-order chi connectivity index (χ1) is 9.75. The van der Waals surface area contributed by atoms with E-state index in [9.17, 15) is 9.59 Å². The molecule has 1 fully saturated rings. The summed E-state index contributed by atoms with van der Waals surface area (Å²) in [6, 6.07) is -1.17. The smallest absolute Gasteiger partial charge is 0.326 e. The Bertz CT molecular complexity index is 387. The molecule has 2 unspecified atom stereocenters. The summed E-state index contributed by atoms with van der Waals surface area (Å²) in [6.07, 6.45) is 4.80. The fourth-order valence-electron chi connectivity index (χ4n) is 2.79. The Morgan fingerprint density at radius 1 is 1.38 bits per heavy atom. The zero-order valence-corrected chi connectivity index (χ0v) is 13.4. The third-order valence-corrected chi connectivity index (χ3v) is 4.24. The lowest BCUT2D eigenvalue weighted by Gasteiger charge is -2.30. The fraction of sp³-hybridized carbons (Fsp3) is 0.750. The Hall–Kier alpha value is -1.52. The molecular formula is C16H28N2O3. The van der Waals surface area contributed by atoms with Crippen LogP contribution in [0.15, 0.2) is 12.7 Å². The lowest BCUT2D eigenvalue weighted by Crippen LogP contribution is -2.48. The van der Waals surface area contributed by atoms with Crippen molar-refractivity contribution in [1.82, 2.24) is 10.2 Å². The van der Waals surface area contributed by atoms with Crippen LogP contribution in [0.1, 0.15) is 46.5 Å². The number of carboxylic acid groups (broad SMARTS) is 1. The molecule has 0 radical (unpaired) electrons. The van der Waals surface area contributed by atoms with Gasteiger partial charge in [-0.25, -0.2) is 9.59 Å².